The molecule has 1 aliphatic rings. The highest BCUT2D eigenvalue weighted by Gasteiger charge is 2.15. The normalized spacial score (nSPS) is 15.2. The fourth-order valence-corrected chi connectivity index (χ4v) is 2.46. The summed E-state index contributed by atoms with van der Waals surface area (Å²) < 4.78 is 5.72. The monoisotopic (exact) mass is 277 g/mol. The number of pyridine rings is 1. The zero-order valence-electron chi connectivity index (χ0n) is 12.0. The summed E-state index contributed by atoms with van der Waals surface area (Å²) in [5.74, 6) is -0.107. The van der Waals surface area contributed by atoms with Gasteiger partial charge in [-0.1, -0.05) is 12.8 Å². The van der Waals surface area contributed by atoms with Gasteiger partial charge in [-0.2, -0.15) is 0 Å². The summed E-state index contributed by atoms with van der Waals surface area (Å²) in [7, 11) is 0. The molecule has 1 aromatic rings. The van der Waals surface area contributed by atoms with Gasteiger partial charge in [-0.05, 0) is 25.8 Å². The Balaban J connectivity index is 1.76. The highest BCUT2D eigenvalue weighted by atomic mass is 16.5. The van der Waals surface area contributed by atoms with E-state index in [0.717, 1.165) is 25.1 Å². The standard InChI is InChI=1S/C15H23N3O2/c1-2-17-14-7-8-16-11-13(14)15(19)18-9-10-20-12-5-3-4-6-12/h7-8,11-12H,2-6,9-10H2,1H3,(H,16,17)(H,18,19). The number of carbonyl (C=O) groups excluding carboxylic acids is 1. The van der Waals surface area contributed by atoms with Crippen LogP contribution in [0.15, 0.2) is 18.5 Å². The molecule has 0 radical (unpaired) electrons. The maximum Gasteiger partial charge on any atom is 0.255 e. The van der Waals surface area contributed by atoms with Crippen LogP contribution in [0.3, 0.4) is 0 Å². The van der Waals surface area contributed by atoms with Crippen LogP contribution in [0.2, 0.25) is 0 Å². The number of nitrogens with zero attached hydrogens (tertiary/aromatic N) is 1. The lowest BCUT2D eigenvalue weighted by atomic mass is 10.2. The Kier molecular flexibility index (Phi) is 5.80. The maximum atomic E-state index is 12.1. The molecule has 0 unspecified atom stereocenters. The zero-order chi connectivity index (χ0) is 14.2. The summed E-state index contributed by atoms with van der Waals surface area (Å²) in [6.07, 6.45) is 8.49. The SMILES string of the molecule is CCNc1ccncc1C(=O)NCCOC1CCCC1. The van der Waals surface area contributed by atoms with Gasteiger partial charge in [0.1, 0.15) is 0 Å². The van der Waals surface area contributed by atoms with E-state index in [4.69, 9.17) is 4.74 Å². The van der Waals surface area contributed by atoms with Gasteiger partial charge in [0.2, 0.25) is 0 Å². The molecular formula is C15H23N3O2. The van der Waals surface area contributed by atoms with E-state index in [-0.39, 0.29) is 5.91 Å². The third-order valence-electron chi connectivity index (χ3n) is 3.48. The Hall–Kier alpha value is -1.62. The molecule has 0 spiro atoms. The molecular weight excluding hydrogens is 254 g/mol. The average Bonchev–Trinajstić information content (AvgIpc) is 2.97. The van der Waals surface area contributed by atoms with Crippen LogP contribution in [-0.2, 0) is 4.74 Å². The van der Waals surface area contributed by atoms with Crippen molar-refractivity contribution in [3.63, 3.8) is 0 Å². The second kappa shape index (κ2) is 7.85. The summed E-state index contributed by atoms with van der Waals surface area (Å²) in [5.41, 5.74) is 1.40. The zero-order valence-corrected chi connectivity index (χ0v) is 12.0. The van der Waals surface area contributed by atoms with Gasteiger partial charge in [0.15, 0.2) is 0 Å². The molecule has 110 valence electrons. The fraction of sp³-hybridized carbons (Fsp3) is 0.600. The number of amides is 1. The Labute approximate surface area is 120 Å². The van der Waals surface area contributed by atoms with Gasteiger partial charge in [-0.25, -0.2) is 0 Å². The van der Waals surface area contributed by atoms with Crippen LogP contribution < -0.4 is 10.6 Å². The molecule has 0 atom stereocenters. The largest absolute Gasteiger partial charge is 0.385 e. The van der Waals surface area contributed by atoms with Crippen molar-refractivity contribution < 1.29 is 9.53 Å². The van der Waals surface area contributed by atoms with Crippen LogP contribution in [0.25, 0.3) is 0 Å². The van der Waals surface area contributed by atoms with Crippen LogP contribution in [0.1, 0.15) is 43.0 Å². The molecule has 5 heteroatoms. The van der Waals surface area contributed by atoms with Gasteiger partial charge >= 0.3 is 0 Å². The van der Waals surface area contributed by atoms with Crippen LogP contribution >= 0.6 is 0 Å². The minimum absolute atomic E-state index is 0.107. The molecule has 0 aliphatic heterocycles. The van der Waals surface area contributed by atoms with Crippen LogP contribution in [0.4, 0.5) is 5.69 Å². The number of carbonyl (C=O) groups is 1. The van der Waals surface area contributed by atoms with Gasteiger partial charge in [0.05, 0.1) is 24.0 Å². The highest BCUT2D eigenvalue weighted by molar-refractivity contribution is 5.99. The third kappa shape index (κ3) is 4.20. The number of hydrogen-bond donors (Lipinski definition) is 2. The lowest BCUT2D eigenvalue weighted by Crippen LogP contribution is -2.29. The second-order valence-electron chi connectivity index (χ2n) is 4.98. The molecule has 2 N–H and O–H groups in total. The van der Waals surface area contributed by atoms with E-state index >= 15 is 0 Å². The van der Waals surface area contributed by atoms with E-state index in [0.29, 0.717) is 24.8 Å². The average molecular weight is 277 g/mol. The Morgan fingerprint density at radius 3 is 3.00 bits per heavy atom. The Morgan fingerprint density at radius 2 is 2.25 bits per heavy atom. The molecule has 1 amide bonds. The summed E-state index contributed by atoms with van der Waals surface area (Å²) in [6.45, 7) is 3.88. The van der Waals surface area contributed by atoms with Crippen LogP contribution in [0, 0.1) is 0 Å². The topological polar surface area (TPSA) is 63.2 Å². The van der Waals surface area contributed by atoms with E-state index in [2.05, 4.69) is 15.6 Å². The minimum atomic E-state index is -0.107. The van der Waals surface area contributed by atoms with Gasteiger partial charge in [0, 0.05) is 25.5 Å². The molecule has 20 heavy (non-hydrogen) atoms. The van der Waals surface area contributed by atoms with Crippen molar-refractivity contribution >= 4 is 11.6 Å². The number of hydrogen-bond acceptors (Lipinski definition) is 4. The van der Waals surface area contributed by atoms with Crippen molar-refractivity contribution in [2.45, 2.75) is 38.7 Å². The van der Waals surface area contributed by atoms with Gasteiger partial charge in [-0.3, -0.25) is 9.78 Å². The number of ether oxygens (including phenoxy) is 1. The van der Waals surface area contributed by atoms with Crippen LogP contribution in [-0.4, -0.2) is 36.7 Å². The first-order valence-corrected chi connectivity index (χ1v) is 7.39. The molecule has 1 aromatic heterocycles. The first-order chi connectivity index (χ1) is 9.81. The predicted molar refractivity (Wildman–Crippen MR) is 78.9 cm³/mol. The van der Waals surface area contributed by atoms with Crippen molar-refractivity contribution in [3.8, 4) is 0 Å². The summed E-state index contributed by atoms with van der Waals surface area (Å²) >= 11 is 0. The van der Waals surface area contributed by atoms with Gasteiger partial charge < -0.3 is 15.4 Å². The Bertz CT molecular complexity index is 431. The quantitative estimate of drug-likeness (QED) is 0.750. The van der Waals surface area contributed by atoms with E-state index in [1.807, 2.05) is 13.0 Å². The summed E-state index contributed by atoms with van der Waals surface area (Å²) in [4.78, 5) is 16.1. The van der Waals surface area contributed by atoms with Gasteiger partial charge in [-0.15, -0.1) is 0 Å². The van der Waals surface area contributed by atoms with Crippen LogP contribution in [0.5, 0.6) is 0 Å². The fourth-order valence-electron chi connectivity index (χ4n) is 2.46. The number of aromatic nitrogens is 1. The van der Waals surface area contributed by atoms with Crippen molar-refractivity contribution in [3.05, 3.63) is 24.0 Å². The second-order valence-corrected chi connectivity index (χ2v) is 4.98. The van der Waals surface area contributed by atoms with E-state index in [1.165, 1.54) is 12.8 Å². The summed E-state index contributed by atoms with van der Waals surface area (Å²) in [5, 5.41) is 6.04. The van der Waals surface area contributed by atoms with E-state index in [9.17, 15) is 4.79 Å². The van der Waals surface area contributed by atoms with Crippen molar-refractivity contribution in [1.82, 2.24) is 10.3 Å². The van der Waals surface area contributed by atoms with Gasteiger partial charge in [0.25, 0.3) is 5.91 Å². The summed E-state index contributed by atoms with van der Waals surface area (Å²) in [6, 6.07) is 1.81. The van der Waals surface area contributed by atoms with E-state index in [1.54, 1.807) is 12.4 Å². The van der Waals surface area contributed by atoms with Crippen molar-refractivity contribution in [2.24, 2.45) is 0 Å². The molecule has 0 bridgehead atoms. The maximum absolute atomic E-state index is 12.1. The Morgan fingerprint density at radius 1 is 1.45 bits per heavy atom. The highest BCUT2D eigenvalue weighted by Crippen LogP contribution is 2.20. The molecule has 1 heterocycles. The number of rotatable bonds is 7. The number of nitrogens with one attached hydrogen (secondary N) is 2. The lowest BCUT2D eigenvalue weighted by Gasteiger charge is -2.13. The first kappa shape index (κ1) is 14.8. The molecule has 0 aromatic carbocycles. The molecule has 5 nitrogen and oxygen atoms in total. The first-order valence-electron chi connectivity index (χ1n) is 7.39. The minimum Gasteiger partial charge on any atom is -0.385 e. The molecule has 1 saturated carbocycles. The molecule has 0 saturated heterocycles. The number of anilines is 1. The van der Waals surface area contributed by atoms with Crippen molar-refractivity contribution in [1.29, 1.82) is 0 Å². The molecule has 1 fully saturated rings. The lowest BCUT2D eigenvalue weighted by molar-refractivity contribution is 0.0582. The third-order valence-corrected chi connectivity index (χ3v) is 3.48. The predicted octanol–water partition coefficient (Wildman–Crippen LogP) is 2.20. The molecule has 1 aliphatic carbocycles. The van der Waals surface area contributed by atoms with Crippen molar-refractivity contribution in [2.75, 3.05) is 25.0 Å². The van der Waals surface area contributed by atoms with E-state index < -0.39 is 0 Å². The molecule has 2 rings (SSSR count). The smallest absolute Gasteiger partial charge is 0.255 e.